The summed E-state index contributed by atoms with van der Waals surface area (Å²) in [7, 11) is 3.34. The molecule has 0 heterocycles. The fourth-order valence-corrected chi connectivity index (χ4v) is 0.672. The predicted octanol–water partition coefficient (Wildman–Crippen LogP) is 2.48. The number of ether oxygens (including phenoxy) is 2. The topological polar surface area (TPSA) is 61.8 Å². The first-order chi connectivity index (χ1) is 7.62. The first kappa shape index (κ1) is 15.7. The molecule has 0 fully saturated rings. The van der Waals surface area contributed by atoms with E-state index in [9.17, 15) is 9.59 Å². The molecule has 0 aromatic heterocycles. The third-order valence-electron chi connectivity index (χ3n) is 2.46. The van der Waals surface area contributed by atoms with Gasteiger partial charge >= 0.3 is 12.3 Å². The van der Waals surface area contributed by atoms with Crippen LogP contribution in [0.1, 0.15) is 34.1 Å². The number of nitrogens with zero attached hydrogens (tertiary/aromatic N) is 1. The van der Waals surface area contributed by atoms with E-state index in [1.807, 2.05) is 13.8 Å². The van der Waals surface area contributed by atoms with Crippen LogP contribution in [0.5, 0.6) is 0 Å². The van der Waals surface area contributed by atoms with Crippen molar-refractivity contribution in [1.82, 2.24) is 0 Å². The number of carbonyl (C=O) groups excluding carboxylic acids is 2. The molecule has 0 saturated heterocycles. The molecule has 0 aliphatic heterocycles. The van der Waals surface area contributed by atoms with Crippen molar-refractivity contribution in [3.63, 3.8) is 0 Å². The van der Waals surface area contributed by atoms with Crippen LogP contribution >= 0.6 is 0 Å². The molecule has 0 aromatic rings. The van der Waals surface area contributed by atoms with Crippen molar-refractivity contribution in [2.24, 2.45) is 0 Å². The van der Waals surface area contributed by atoms with Crippen molar-refractivity contribution in [3.8, 4) is 0 Å². The summed E-state index contributed by atoms with van der Waals surface area (Å²) < 4.78 is 9.30. The van der Waals surface area contributed by atoms with Gasteiger partial charge in [0.25, 0.3) is 0 Å². The molecule has 0 aliphatic carbocycles. The number of hydroxylamine groups is 3. The van der Waals surface area contributed by atoms with E-state index in [1.165, 1.54) is 0 Å². The Bertz CT molecular complexity index is 258. The molecule has 0 aliphatic rings. The lowest BCUT2D eigenvalue weighted by Gasteiger charge is -2.24. The Balaban J connectivity index is 4.19. The summed E-state index contributed by atoms with van der Waals surface area (Å²) in [6, 6.07) is 0. The lowest BCUT2D eigenvalue weighted by molar-refractivity contribution is -1.06. The highest BCUT2D eigenvalue weighted by Gasteiger charge is 2.27. The number of carbonyl (C=O) groups is 2. The van der Waals surface area contributed by atoms with Crippen molar-refractivity contribution in [2.45, 2.75) is 39.7 Å². The molecule has 0 saturated carbocycles. The summed E-state index contributed by atoms with van der Waals surface area (Å²) in [4.78, 5) is 27.4. The van der Waals surface area contributed by atoms with E-state index in [1.54, 1.807) is 27.9 Å². The number of quaternary nitrogens is 1. The van der Waals surface area contributed by atoms with Crippen molar-refractivity contribution < 1.29 is 28.5 Å². The van der Waals surface area contributed by atoms with Gasteiger partial charge in [-0.1, -0.05) is 6.92 Å². The fourth-order valence-electron chi connectivity index (χ4n) is 0.672. The van der Waals surface area contributed by atoms with Crippen LogP contribution in [0, 0.1) is 0 Å². The van der Waals surface area contributed by atoms with Gasteiger partial charge in [-0.25, -0.2) is 9.63 Å². The SMILES string of the molecule is CCC(C)(C)OC(=O)OC(=O)O[N+](C)(C)CC. The highest BCUT2D eigenvalue weighted by atomic mass is 16.9. The van der Waals surface area contributed by atoms with Crippen molar-refractivity contribution in [3.05, 3.63) is 0 Å². The van der Waals surface area contributed by atoms with E-state index in [-0.39, 0.29) is 4.65 Å². The summed E-state index contributed by atoms with van der Waals surface area (Å²) in [6.45, 7) is 7.72. The van der Waals surface area contributed by atoms with Gasteiger partial charge in [-0.05, 0) is 27.2 Å². The maximum atomic E-state index is 11.2. The summed E-state index contributed by atoms with van der Waals surface area (Å²) in [5.74, 6) is 0. The molecule has 0 amide bonds. The average molecular weight is 248 g/mol. The van der Waals surface area contributed by atoms with Gasteiger partial charge in [-0.2, -0.15) is 4.79 Å². The van der Waals surface area contributed by atoms with Gasteiger partial charge in [-0.3, -0.25) is 0 Å². The standard InChI is InChI=1S/C11H22NO5/c1-7-11(3,4)16-9(13)15-10(14)17-12(5,6)8-2/h7-8H2,1-6H3/q+1. The lowest BCUT2D eigenvalue weighted by Crippen LogP contribution is -2.42. The molecule has 0 bridgehead atoms. The van der Waals surface area contributed by atoms with Gasteiger partial charge in [0.2, 0.25) is 0 Å². The quantitative estimate of drug-likeness (QED) is 0.331. The highest BCUT2D eigenvalue weighted by molar-refractivity contribution is 5.76. The Labute approximate surface area is 102 Å². The van der Waals surface area contributed by atoms with E-state index < -0.39 is 17.9 Å². The minimum absolute atomic E-state index is 0.0245. The van der Waals surface area contributed by atoms with E-state index in [0.29, 0.717) is 13.0 Å². The molecule has 0 atom stereocenters. The van der Waals surface area contributed by atoms with Gasteiger partial charge in [0, 0.05) is 0 Å². The third-order valence-corrected chi connectivity index (χ3v) is 2.46. The van der Waals surface area contributed by atoms with Crippen LogP contribution in [0.4, 0.5) is 9.59 Å². The van der Waals surface area contributed by atoms with Gasteiger partial charge in [-0.15, -0.1) is 4.65 Å². The summed E-state index contributed by atoms with van der Waals surface area (Å²) in [5.41, 5.74) is -0.660. The van der Waals surface area contributed by atoms with Crippen LogP contribution in [-0.4, -0.2) is 43.2 Å². The van der Waals surface area contributed by atoms with E-state index in [4.69, 9.17) is 9.57 Å². The molecular weight excluding hydrogens is 226 g/mol. The normalized spacial score (nSPS) is 11.9. The van der Waals surface area contributed by atoms with Crippen LogP contribution in [-0.2, 0) is 14.3 Å². The van der Waals surface area contributed by atoms with E-state index in [0.717, 1.165) is 0 Å². The van der Waals surface area contributed by atoms with Gasteiger partial charge in [0.15, 0.2) is 0 Å². The summed E-state index contributed by atoms with van der Waals surface area (Å²) >= 11 is 0. The second-order valence-corrected chi connectivity index (χ2v) is 4.80. The fraction of sp³-hybridized carbons (Fsp3) is 0.818. The summed E-state index contributed by atoms with van der Waals surface area (Å²) in [5, 5.41) is 0. The molecule has 6 heteroatoms. The molecule has 6 nitrogen and oxygen atoms in total. The van der Waals surface area contributed by atoms with Crippen molar-refractivity contribution in [1.29, 1.82) is 0 Å². The van der Waals surface area contributed by atoms with Crippen LogP contribution in [0.3, 0.4) is 0 Å². The first-order valence-electron chi connectivity index (χ1n) is 5.59. The second-order valence-electron chi connectivity index (χ2n) is 4.80. The molecule has 0 unspecified atom stereocenters. The van der Waals surface area contributed by atoms with E-state index >= 15 is 0 Å². The van der Waals surface area contributed by atoms with Crippen LogP contribution in [0.15, 0.2) is 0 Å². The molecule has 0 N–H and O–H groups in total. The number of rotatable bonds is 4. The average Bonchev–Trinajstić information content (AvgIpc) is 2.15. The summed E-state index contributed by atoms with van der Waals surface area (Å²) in [6.07, 6.45) is -1.49. The maximum absolute atomic E-state index is 11.2. The largest absolute Gasteiger partial charge is 0.570 e. The maximum Gasteiger partial charge on any atom is 0.570 e. The van der Waals surface area contributed by atoms with Gasteiger partial charge in [0.05, 0.1) is 0 Å². The molecule has 0 spiro atoms. The molecule has 17 heavy (non-hydrogen) atoms. The zero-order valence-corrected chi connectivity index (χ0v) is 11.4. The smallest absolute Gasteiger partial charge is 0.428 e. The van der Waals surface area contributed by atoms with Crippen LogP contribution in [0.25, 0.3) is 0 Å². The molecule has 0 rings (SSSR count). The second kappa shape index (κ2) is 5.86. The Morgan fingerprint density at radius 1 is 1.12 bits per heavy atom. The Kier molecular flexibility index (Phi) is 5.41. The highest BCUT2D eigenvalue weighted by Crippen LogP contribution is 2.14. The predicted molar refractivity (Wildman–Crippen MR) is 61.1 cm³/mol. The molecule has 0 aromatic carbocycles. The van der Waals surface area contributed by atoms with E-state index in [2.05, 4.69) is 4.74 Å². The lowest BCUT2D eigenvalue weighted by atomic mass is 10.1. The zero-order chi connectivity index (χ0) is 13.7. The number of hydrogen-bond donors (Lipinski definition) is 0. The minimum Gasteiger partial charge on any atom is -0.428 e. The van der Waals surface area contributed by atoms with Crippen molar-refractivity contribution >= 4 is 12.3 Å². The Morgan fingerprint density at radius 2 is 1.65 bits per heavy atom. The third kappa shape index (κ3) is 6.78. The van der Waals surface area contributed by atoms with Crippen LogP contribution in [0.2, 0.25) is 0 Å². The van der Waals surface area contributed by atoms with Gasteiger partial charge < -0.3 is 9.47 Å². The van der Waals surface area contributed by atoms with Crippen LogP contribution < -0.4 is 0 Å². The monoisotopic (exact) mass is 248 g/mol. The van der Waals surface area contributed by atoms with Gasteiger partial charge in [0.1, 0.15) is 26.2 Å². The first-order valence-corrected chi connectivity index (χ1v) is 5.59. The Hall–Kier alpha value is -1.30. The molecule has 0 radical (unpaired) electrons. The Morgan fingerprint density at radius 3 is 2.06 bits per heavy atom. The molecule has 100 valence electrons. The van der Waals surface area contributed by atoms with Crippen molar-refractivity contribution in [2.75, 3.05) is 20.6 Å². The minimum atomic E-state index is -1.06. The number of hydrogen-bond acceptors (Lipinski definition) is 5. The molecular formula is C11H22NO5+. The zero-order valence-electron chi connectivity index (χ0n) is 11.4.